The average molecular weight is 274 g/mol. The zero-order valence-electron chi connectivity index (χ0n) is 10.1. The van der Waals surface area contributed by atoms with E-state index in [0.29, 0.717) is 22.1 Å². The summed E-state index contributed by atoms with van der Waals surface area (Å²) in [6, 6.07) is 7.04. The minimum Gasteiger partial charge on any atom is -0.377 e. The molecule has 0 fully saturated rings. The number of Topliss-reactive ketones (excluding diaryl/α,β-unsaturated/α-hetero) is 1. The van der Waals surface area contributed by atoms with Crippen molar-refractivity contribution in [1.29, 1.82) is 0 Å². The number of nitrogens with one attached hydrogen (secondary N) is 1. The summed E-state index contributed by atoms with van der Waals surface area (Å²) in [4.78, 5) is 26.5. The van der Waals surface area contributed by atoms with Gasteiger partial charge in [0.2, 0.25) is 6.29 Å². The molecule has 0 saturated heterocycles. The Morgan fingerprint density at radius 1 is 1.42 bits per heavy atom. The average Bonchev–Trinajstić information content (AvgIpc) is 2.82. The number of carbonyl (C=O) groups excluding carboxylic acids is 2. The highest BCUT2D eigenvalue weighted by molar-refractivity contribution is 7.13. The van der Waals surface area contributed by atoms with Crippen LogP contribution in [-0.4, -0.2) is 23.6 Å². The third kappa shape index (κ3) is 3.38. The molecule has 0 aliphatic rings. The highest BCUT2D eigenvalue weighted by atomic mass is 32.1. The van der Waals surface area contributed by atoms with Crippen LogP contribution in [0, 0.1) is 0 Å². The fourth-order valence-corrected chi connectivity index (χ4v) is 2.24. The normalized spacial score (nSPS) is 10.1. The Hall–Kier alpha value is -2.21. The summed E-state index contributed by atoms with van der Waals surface area (Å²) in [5.74, 6) is -0.0701. The SMILES string of the molecule is Nc1nc(CC(=O)c2ccccc2NC[C]=O)cs1. The molecule has 1 aromatic carbocycles. The fraction of sp³-hybridized carbons (Fsp3) is 0.154. The van der Waals surface area contributed by atoms with Crippen LogP contribution in [0.2, 0.25) is 0 Å². The van der Waals surface area contributed by atoms with E-state index in [2.05, 4.69) is 10.3 Å². The van der Waals surface area contributed by atoms with E-state index in [4.69, 9.17) is 5.73 Å². The summed E-state index contributed by atoms with van der Waals surface area (Å²) >= 11 is 1.31. The molecule has 0 spiro atoms. The maximum Gasteiger partial charge on any atom is 0.219 e. The maximum atomic E-state index is 12.2. The molecule has 3 N–H and O–H groups in total. The first-order valence-electron chi connectivity index (χ1n) is 5.61. The van der Waals surface area contributed by atoms with Crippen molar-refractivity contribution in [2.45, 2.75) is 6.42 Å². The number of anilines is 2. The zero-order chi connectivity index (χ0) is 13.7. The Labute approximate surface area is 114 Å². The molecule has 2 rings (SSSR count). The van der Waals surface area contributed by atoms with Crippen LogP contribution in [0.4, 0.5) is 10.8 Å². The van der Waals surface area contributed by atoms with Crippen LogP contribution in [0.3, 0.4) is 0 Å². The number of nitrogen functional groups attached to an aromatic ring is 1. The summed E-state index contributed by atoms with van der Waals surface area (Å²) in [5, 5.41) is 5.06. The van der Waals surface area contributed by atoms with Crippen molar-refractivity contribution >= 4 is 34.2 Å². The number of hydrogen-bond acceptors (Lipinski definition) is 6. The lowest BCUT2D eigenvalue weighted by Crippen LogP contribution is -2.10. The van der Waals surface area contributed by atoms with E-state index in [1.807, 2.05) is 0 Å². The number of benzene rings is 1. The summed E-state index contributed by atoms with van der Waals surface area (Å²) < 4.78 is 0. The molecule has 0 unspecified atom stereocenters. The Bertz CT molecular complexity index is 595. The minimum absolute atomic E-state index is 0.0495. The zero-order valence-corrected chi connectivity index (χ0v) is 10.9. The Morgan fingerprint density at radius 2 is 2.21 bits per heavy atom. The molecule has 2 aromatic rings. The van der Waals surface area contributed by atoms with Crippen LogP contribution >= 0.6 is 11.3 Å². The molecule has 1 aromatic heterocycles. The van der Waals surface area contributed by atoms with Crippen molar-refractivity contribution in [3.05, 3.63) is 40.9 Å². The van der Waals surface area contributed by atoms with Crippen LogP contribution in [0.25, 0.3) is 0 Å². The smallest absolute Gasteiger partial charge is 0.219 e. The maximum absolute atomic E-state index is 12.2. The van der Waals surface area contributed by atoms with Gasteiger partial charge in [0.1, 0.15) is 0 Å². The van der Waals surface area contributed by atoms with Gasteiger partial charge in [0.15, 0.2) is 10.9 Å². The number of rotatable bonds is 6. The molecule has 1 radical (unpaired) electrons. The predicted octanol–water partition coefficient (Wildman–Crippen LogP) is 1.67. The van der Waals surface area contributed by atoms with Gasteiger partial charge in [0.05, 0.1) is 18.7 Å². The minimum atomic E-state index is -0.0701. The molecular weight excluding hydrogens is 262 g/mol. The number of aromatic nitrogens is 1. The number of thiazole rings is 1. The molecule has 0 amide bonds. The second kappa shape index (κ2) is 6.10. The summed E-state index contributed by atoms with van der Waals surface area (Å²) in [6.07, 6.45) is 1.93. The number of para-hydroxylation sites is 1. The topological polar surface area (TPSA) is 85.1 Å². The van der Waals surface area contributed by atoms with Crippen molar-refractivity contribution in [3.8, 4) is 0 Å². The Morgan fingerprint density at radius 3 is 2.89 bits per heavy atom. The van der Waals surface area contributed by atoms with Gasteiger partial charge in [0.25, 0.3) is 0 Å². The fourth-order valence-electron chi connectivity index (χ4n) is 1.68. The van der Waals surface area contributed by atoms with Crippen LogP contribution in [0.15, 0.2) is 29.6 Å². The standard InChI is InChI=1S/C13H12N3O2S/c14-13-16-9(8-19-13)7-12(18)10-3-1-2-4-11(10)15-5-6-17/h1-4,8,15H,5,7H2,(H2,14,16). The highest BCUT2D eigenvalue weighted by Gasteiger charge is 2.13. The van der Waals surface area contributed by atoms with Crippen LogP contribution in [0.5, 0.6) is 0 Å². The van der Waals surface area contributed by atoms with Gasteiger partial charge in [0, 0.05) is 16.6 Å². The molecule has 1 heterocycles. The molecule has 0 saturated carbocycles. The largest absolute Gasteiger partial charge is 0.377 e. The van der Waals surface area contributed by atoms with E-state index in [9.17, 15) is 9.59 Å². The second-order valence-corrected chi connectivity index (χ2v) is 4.71. The van der Waals surface area contributed by atoms with Crippen LogP contribution in [0.1, 0.15) is 16.1 Å². The van der Waals surface area contributed by atoms with Crippen molar-refractivity contribution in [2.75, 3.05) is 17.6 Å². The Balaban J connectivity index is 2.16. The van der Waals surface area contributed by atoms with Gasteiger partial charge in [-0.2, -0.15) is 0 Å². The second-order valence-electron chi connectivity index (χ2n) is 3.82. The molecule has 0 aliphatic heterocycles. The number of nitrogens with zero attached hydrogens (tertiary/aromatic N) is 1. The third-order valence-electron chi connectivity index (χ3n) is 2.49. The van der Waals surface area contributed by atoms with Gasteiger partial charge in [-0.3, -0.25) is 9.59 Å². The lowest BCUT2D eigenvalue weighted by molar-refractivity contribution is 0.0993. The van der Waals surface area contributed by atoms with E-state index in [-0.39, 0.29) is 18.7 Å². The molecule has 5 nitrogen and oxygen atoms in total. The van der Waals surface area contributed by atoms with Gasteiger partial charge < -0.3 is 11.1 Å². The molecule has 97 valence electrons. The van der Waals surface area contributed by atoms with Gasteiger partial charge in [-0.05, 0) is 12.1 Å². The number of carbonyl (C=O) groups is 1. The van der Waals surface area contributed by atoms with Crippen LogP contribution < -0.4 is 11.1 Å². The van der Waals surface area contributed by atoms with Crippen molar-refractivity contribution in [2.24, 2.45) is 0 Å². The van der Waals surface area contributed by atoms with E-state index >= 15 is 0 Å². The number of ketones is 1. The van der Waals surface area contributed by atoms with E-state index < -0.39 is 0 Å². The first kappa shape index (κ1) is 13.2. The van der Waals surface area contributed by atoms with Gasteiger partial charge in [-0.25, -0.2) is 4.98 Å². The highest BCUT2D eigenvalue weighted by Crippen LogP contribution is 2.18. The quantitative estimate of drug-likeness (QED) is 0.783. The van der Waals surface area contributed by atoms with Crippen molar-refractivity contribution < 1.29 is 9.59 Å². The number of nitrogens with two attached hydrogens (primary N) is 1. The van der Waals surface area contributed by atoms with Crippen molar-refractivity contribution in [1.82, 2.24) is 4.98 Å². The van der Waals surface area contributed by atoms with Gasteiger partial charge in [-0.15, -0.1) is 11.3 Å². The van der Waals surface area contributed by atoms with Gasteiger partial charge in [-0.1, -0.05) is 12.1 Å². The monoisotopic (exact) mass is 274 g/mol. The third-order valence-corrected chi connectivity index (χ3v) is 3.21. The molecule has 6 heteroatoms. The van der Waals surface area contributed by atoms with E-state index in [1.165, 1.54) is 11.3 Å². The van der Waals surface area contributed by atoms with Gasteiger partial charge >= 0.3 is 0 Å². The molecule has 19 heavy (non-hydrogen) atoms. The molecular formula is C13H12N3O2S. The Kier molecular flexibility index (Phi) is 4.25. The van der Waals surface area contributed by atoms with E-state index in [1.54, 1.807) is 35.9 Å². The molecule has 0 atom stereocenters. The number of hydrogen-bond donors (Lipinski definition) is 2. The summed E-state index contributed by atoms with van der Waals surface area (Å²) in [5.41, 5.74) is 7.34. The first-order chi connectivity index (χ1) is 9.20. The van der Waals surface area contributed by atoms with Crippen molar-refractivity contribution in [3.63, 3.8) is 0 Å². The summed E-state index contributed by atoms with van der Waals surface area (Å²) in [6.45, 7) is 0.0495. The lowest BCUT2D eigenvalue weighted by Gasteiger charge is -2.08. The van der Waals surface area contributed by atoms with Crippen LogP contribution in [-0.2, 0) is 11.2 Å². The molecule has 0 aliphatic carbocycles. The predicted molar refractivity (Wildman–Crippen MR) is 75.2 cm³/mol. The summed E-state index contributed by atoms with van der Waals surface area (Å²) in [7, 11) is 0. The first-order valence-corrected chi connectivity index (χ1v) is 6.49. The van der Waals surface area contributed by atoms with E-state index in [0.717, 1.165) is 0 Å². The molecule has 0 bridgehead atoms. The lowest BCUT2D eigenvalue weighted by atomic mass is 10.0.